The number of aromatic nitrogens is 1. The Bertz CT molecular complexity index is 1040. The molecule has 0 amide bonds. The zero-order chi connectivity index (χ0) is 18.0. The van der Waals surface area contributed by atoms with Crippen LogP contribution in [0.5, 0.6) is 0 Å². The van der Waals surface area contributed by atoms with Crippen molar-refractivity contribution < 1.29 is 8.42 Å². The molecule has 0 unspecified atom stereocenters. The lowest BCUT2D eigenvalue weighted by atomic mass is 10.1. The van der Waals surface area contributed by atoms with Crippen LogP contribution < -0.4 is 0 Å². The van der Waals surface area contributed by atoms with Crippen molar-refractivity contribution in [3.05, 3.63) is 88.7 Å². The van der Waals surface area contributed by atoms with Crippen LogP contribution in [0.1, 0.15) is 28.1 Å². The standard InChI is InChI=1S/C21H19NO2S/c1-16-4-8-19(9-5-16)10-11-20-12-14-21(15-13-20)25(23,24)22-17(2)6-7-18(22)3/h4-9,12-15H,1-3H3. The highest BCUT2D eigenvalue weighted by molar-refractivity contribution is 7.90. The average molecular weight is 349 g/mol. The summed E-state index contributed by atoms with van der Waals surface area (Å²) >= 11 is 0. The summed E-state index contributed by atoms with van der Waals surface area (Å²) in [7, 11) is -3.58. The van der Waals surface area contributed by atoms with Crippen LogP contribution in [-0.2, 0) is 10.0 Å². The van der Waals surface area contributed by atoms with E-state index in [9.17, 15) is 8.42 Å². The highest BCUT2D eigenvalue weighted by Crippen LogP contribution is 2.19. The van der Waals surface area contributed by atoms with Crippen molar-refractivity contribution in [3.63, 3.8) is 0 Å². The monoisotopic (exact) mass is 349 g/mol. The van der Waals surface area contributed by atoms with Crippen LogP contribution >= 0.6 is 0 Å². The highest BCUT2D eigenvalue weighted by Gasteiger charge is 2.19. The van der Waals surface area contributed by atoms with Crippen LogP contribution in [0.4, 0.5) is 0 Å². The summed E-state index contributed by atoms with van der Waals surface area (Å²) in [5, 5.41) is 0. The Morgan fingerprint density at radius 2 is 1.12 bits per heavy atom. The molecule has 0 aliphatic rings. The summed E-state index contributed by atoms with van der Waals surface area (Å²) in [4.78, 5) is 0.260. The van der Waals surface area contributed by atoms with E-state index in [1.807, 2.05) is 31.2 Å². The van der Waals surface area contributed by atoms with E-state index in [-0.39, 0.29) is 4.90 Å². The summed E-state index contributed by atoms with van der Waals surface area (Å²) < 4.78 is 26.9. The second kappa shape index (κ2) is 6.62. The van der Waals surface area contributed by atoms with Crippen LogP contribution in [0, 0.1) is 32.6 Å². The molecule has 0 saturated heterocycles. The van der Waals surface area contributed by atoms with E-state index in [1.165, 1.54) is 9.54 Å². The molecule has 3 nitrogen and oxygen atoms in total. The van der Waals surface area contributed by atoms with Crippen LogP contribution in [0.15, 0.2) is 65.6 Å². The largest absolute Gasteiger partial charge is 0.268 e. The van der Waals surface area contributed by atoms with Gasteiger partial charge in [0.05, 0.1) is 4.90 Å². The normalized spacial score (nSPS) is 11.0. The average Bonchev–Trinajstić information content (AvgIpc) is 2.94. The van der Waals surface area contributed by atoms with Crippen molar-refractivity contribution in [2.24, 2.45) is 0 Å². The third-order valence-corrected chi connectivity index (χ3v) is 5.93. The summed E-state index contributed by atoms with van der Waals surface area (Å²) in [6, 6.07) is 18.3. The van der Waals surface area contributed by atoms with Gasteiger partial charge < -0.3 is 0 Å². The molecule has 2 aromatic carbocycles. The maximum atomic E-state index is 12.8. The van der Waals surface area contributed by atoms with Crippen molar-refractivity contribution >= 4 is 10.0 Å². The minimum absolute atomic E-state index is 0.260. The molecule has 0 atom stereocenters. The van der Waals surface area contributed by atoms with Gasteiger partial charge in [0.2, 0.25) is 0 Å². The van der Waals surface area contributed by atoms with Crippen LogP contribution in [-0.4, -0.2) is 12.4 Å². The second-order valence-corrected chi connectivity index (χ2v) is 7.81. The number of aryl methyl sites for hydroxylation is 3. The summed E-state index contributed by atoms with van der Waals surface area (Å²) in [5.74, 6) is 6.15. The number of benzene rings is 2. The van der Waals surface area contributed by atoms with Crippen LogP contribution in [0.2, 0.25) is 0 Å². The molecule has 1 aromatic heterocycles. The Balaban J connectivity index is 1.89. The molecular weight excluding hydrogens is 330 g/mol. The first-order valence-corrected chi connectivity index (χ1v) is 9.41. The highest BCUT2D eigenvalue weighted by atomic mass is 32.2. The van der Waals surface area contributed by atoms with E-state index in [0.717, 1.165) is 11.1 Å². The Kier molecular flexibility index (Phi) is 4.52. The minimum atomic E-state index is -3.58. The fourth-order valence-electron chi connectivity index (χ4n) is 2.63. The smallest absolute Gasteiger partial charge is 0.243 e. The summed E-state index contributed by atoms with van der Waals surface area (Å²) in [6.45, 7) is 5.60. The van der Waals surface area contributed by atoms with Gasteiger partial charge in [-0.15, -0.1) is 0 Å². The second-order valence-electron chi connectivity index (χ2n) is 6.03. The minimum Gasteiger partial charge on any atom is -0.243 e. The third kappa shape index (κ3) is 3.52. The van der Waals surface area contributed by atoms with Gasteiger partial charge in [0.15, 0.2) is 0 Å². The van der Waals surface area contributed by atoms with Gasteiger partial charge in [0.1, 0.15) is 0 Å². The van der Waals surface area contributed by atoms with Gasteiger partial charge in [-0.05, 0) is 69.3 Å². The third-order valence-electron chi connectivity index (χ3n) is 4.00. The van der Waals surface area contributed by atoms with Gasteiger partial charge in [-0.2, -0.15) is 0 Å². The van der Waals surface area contributed by atoms with Gasteiger partial charge in [0.25, 0.3) is 10.0 Å². The molecule has 0 saturated carbocycles. The Labute approximate surface area is 149 Å². The number of hydrogen-bond donors (Lipinski definition) is 0. The molecule has 0 aliphatic carbocycles. The van der Waals surface area contributed by atoms with Crippen molar-refractivity contribution in [1.82, 2.24) is 3.97 Å². The van der Waals surface area contributed by atoms with Gasteiger partial charge in [-0.25, -0.2) is 12.4 Å². The van der Waals surface area contributed by atoms with E-state index >= 15 is 0 Å². The van der Waals surface area contributed by atoms with Crippen LogP contribution in [0.3, 0.4) is 0 Å². The molecule has 0 fully saturated rings. The molecule has 126 valence electrons. The fraction of sp³-hybridized carbons (Fsp3) is 0.143. The Morgan fingerprint density at radius 3 is 1.60 bits per heavy atom. The van der Waals surface area contributed by atoms with Crippen molar-refractivity contribution in [2.75, 3.05) is 0 Å². The van der Waals surface area contributed by atoms with E-state index in [0.29, 0.717) is 11.4 Å². The van der Waals surface area contributed by atoms with Gasteiger partial charge in [0, 0.05) is 22.5 Å². The number of rotatable bonds is 2. The quantitative estimate of drug-likeness (QED) is 0.655. The fourth-order valence-corrected chi connectivity index (χ4v) is 4.20. The molecule has 3 rings (SSSR count). The lowest BCUT2D eigenvalue weighted by Crippen LogP contribution is -2.15. The molecule has 0 N–H and O–H groups in total. The van der Waals surface area contributed by atoms with Crippen molar-refractivity contribution in [1.29, 1.82) is 0 Å². The van der Waals surface area contributed by atoms with E-state index < -0.39 is 10.0 Å². The predicted octanol–water partition coefficient (Wildman–Crippen LogP) is 4.05. The van der Waals surface area contributed by atoms with Gasteiger partial charge in [-0.3, -0.25) is 0 Å². The Hall–Kier alpha value is -2.77. The first kappa shape index (κ1) is 17.1. The molecule has 0 aliphatic heterocycles. The zero-order valence-corrected chi connectivity index (χ0v) is 15.3. The summed E-state index contributed by atoms with van der Waals surface area (Å²) in [5.41, 5.74) is 4.29. The van der Waals surface area contributed by atoms with Gasteiger partial charge in [-0.1, -0.05) is 29.5 Å². The molecule has 1 heterocycles. The molecule has 4 heteroatoms. The molecule has 3 aromatic rings. The maximum Gasteiger partial charge on any atom is 0.268 e. The molecular formula is C21H19NO2S. The summed E-state index contributed by atoms with van der Waals surface area (Å²) in [6.07, 6.45) is 0. The topological polar surface area (TPSA) is 39.1 Å². The van der Waals surface area contributed by atoms with E-state index in [1.54, 1.807) is 50.2 Å². The molecule has 0 spiro atoms. The molecule has 0 bridgehead atoms. The van der Waals surface area contributed by atoms with Crippen molar-refractivity contribution in [2.45, 2.75) is 25.7 Å². The number of nitrogens with zero attached hydrogens (tertiary/aromatic N) is 1. The molecule has 0 radical (unpaired) electrons. The van der Waals surface area contributed by atoms with Crippen molar-refractivity contribution in [3.8, 4) is 11.8 Å². The Morgan fingerprint density at radius 1 is 0.680 bits per heavy atom. The zero-order valence-electron chi connectivity index (χ0n) is 14.4. The van der Waals surface area contributed by atoms with E-state index in [4.69, 9.17) is 0 Å². The first-order chi connectivity index (χ1) is 11.9. The maximum absolute atomic E-state index is 12.8. The number of hydrogen-bond acceptors (Lipinski definition) is 2. The van der Waals surface area contributed by atoms with E-state index in [2.05, 4.69) is 11.8 Å². The lowest BCUT2D eigenvalue weighted by Gasteiger charge is -2.10. The van der Waals surface area contributed by atoms with Gasteiger partial charge >= 0.3 is 0 Å². The SMILES string of the molecule is Cc1ccc(C#Cc2ccc(S(=O)(=O)n3c(C)ccc3C)cc2)cc1. The lowest BCUT2D eigenvalue weighted by molar-refractivity contribution is 0.585. The van der Waals surface area contributed by atoms with Crippen LogP contribution in [0.25, 0.3) is 0 Å². The first-order valence-electron chi connectivity index (χ1n) is 7.97. The predicted molar refractivity (Wildman–Crippen MR) is 100 cm³/mol. The molecule has 25 heavy (non-hydrogen) atoms.